The third-order valence-electron chi connectivity index (χ3n) is 5.02. The highest BCUT2D eigenvalue weighted by Crippen LogP contribution is 2.24. The molecule has 2 rings (SSSR count). The zero-order valence-electron chi connectivity index (χ0n) is 18.3. The summed E-state index contributed by atoms with van der Waals surface area (Å²) in [6.45, 7) is 9.15. The molecule has 0 atom stereocenters. The van der Waals surface area contributed by atoms with Crippen molar-refractivity contribution >= 4 is 17.7 Å². The van der Waals surface area contributed by atoms with Gasteiger partial charge in [0.05, 0.1) is 19.9 Å². The second-order valence-corrected chi connectivity index (χ2v) is 6.85. The number of methoxy groups -OCH3 is 1. The summed E-state index contributed by atoms with van der Waals surface area (Å²) in [7, 11) is 1.31. The van der Waals surface area contributed by atoms with E-state index in [0.717, 1.165) is 0 Å². The quantitative estimate of drug-likeness (QED) is 0.316. The molecule has 0 aliphatic carbocycles. The molecule has 0 saturated carbocycles. The summed E-state index contributed by atoms with van der Waals surface area (Å²) in [5.41, 5.74) is 2.05. The molecule has 0 bridgehead atoms. The van der Waals surface area contributed by atoms with E-state index in [2.05, 4.69) is 0 Å². The summed E-state index contributed by atoms with van der Waals surface area (Å²) in [5, 5.41) is 0. The molecule has 2 aromatic heterocycles. The Kier molecular flexibility index (Phi) is 8.41. The van der Waals surface area contributed by atoms with Gasteiger partial charge in [-0.2, -0.15) is 0 Å². The van der Waals surface area contributed by atoms with Crippen molar-refractivity contribution in [1.82, 2.24) is 9.47 Å². The van der Waals surface area contributed by atoms with Crippen LogP contribution in [0.25, 0.3) is 0 Å². The number of esters is 1. The number of hydrogen-bond acceptors (Lipinski definition) is 6. The van der Waals surface area contributed by atoms with Gasteiger partial charge in [-0.15, -0.1) is 0 Å². The van der Waals surface area contributed by atoms with Gasteiger partial charge in [-0.3, -0.25) is 9.59 Å². The van der Waals surface area contributed by atoms with Crippen molar-refractivity contribution in [2.45, 2.75) is 40.7 Å². The van der Waals surface area contributed by atoms with Crippen LogP contribution in [-0.4, -0.2) is 60.5 Å². The van der Waals surface area contributed by atoms with Gasteiger partial charge >= 0.3 is 5.97 Å². The number of ketones is 1. The van der Waals surface area contributed by atoms with Crippen LogP contribution in [0.3, 0.4) is 0 Å². The average molecular weight is 418 g/mol. The second-order valence-electron chi connectivity index (χ2n) is 6.85. The first-order valence-corrected chi connectivity index (χ1v) is 10.1. The lowest BCUT2D eigenvalue weighted by atomic mass is 10.0. The van der Waals surface area contributed by atoms with E-state index in [1.807, 2.05) is 13.8 Å². The van der Waals surface area contributed by atoms with Gasteiger partial charge < -0.3 is 23.4 Å². The zero-order valence-corrected chi connectivity index (χ0v) is 18.3. The number of carbonyl (C=O) groups excluding carboxylic acids is 3. The van der Waals surface area contributed by atoms with Crippen LogP contribution in [0, 0.1) is 13.8 Å². The van der Waals surface area contributed by atoms with Gasteiger partial charge in [0.15, 0.2) is 11.5 Å². The Morgan fingerprint density at radius 1 is 1.20 bits per heavy atom. The van der Waals surface area contributed by atoms with Gasteiger partial charge in [0, 0.05) is 37.6 Å². The summed E-state index contributed by atoms with van der Waals surface area (Å²) >= 11 is 0. The number of carbonyl (C=O) groups is 3. The van der Waals surface area contributed by atoms with Gasteiger partial charge in [0.1, 0.15) is 5.69 Å². The maximum atomic E-state index is 13.2. The Morgan fingerprint density at radius 2 is 1.93 bits per heavy atom. The molecule has 8 heteroatoms. The van der Waals surface area contributed by atoms with Crippen LogP contribution in [-0.2, 0) is 16.0 Å². The number of amides is 1. The number of hydrogen-bond donors (Lipinski definition) is 0. The molecule has 8 nitrogen and oxygen atoms in total. The molecular weight excluding hydrogens is 388 g/mol. The average Bonchev–Trinajstić information content (AvgIpc) is 3.35. The first-order valence-electron chi connectivity index (χ1n) is 10.1. The van der Waals surface area contributed by atoms with E-state index in [0.29, 0.717) is 55.2 Å². The second kappa shape index (κ2) is 10.8. The van der Waals surface area contributed by atoms with E-state index in [9.17, 15) is 14.4 Å². The zero-order chi connectivity index (χ0) is 22.3. The summed E-state index contributed by atoms with van der Waals surface area (Å²) in [6.07, 6.45) is 2.01. The van der Waals surface area contributed by atoms with Crippen molar-refractivity contribution in [3.63, 3.8) is 0 Å². The molecule has 0 unspecified atom stereocenters. The Labute approximate surface area is 176 Å². The van der Waals surface area contributed by atoms with Gasteiger partial charge in [0.2, 0.25) is 0 Å². The third kappa shape index (κ3) is 4.99. The fourth-order valence-corrected chi connectivity index (χ4v) is 3.62. The largest absolute Gasteiger partial charge is 0.464 e. The van der Waals surface area contributed by atoms with Gasteiger partial charge in [0.25, 0.3) is 5.91 Å². The molecule has 0 fully saturated rings. The lowest BCUT2D eigenvalue weighted by molar-refractivity contribution is 0.0587. The molecule has 0 N–H and O–H groups in total. The standard InChI is InChI=1S/C22H30N2O6/c1-6-24-16(4)19(15(3)20(24)22(27)28-5)17(25)14-23(11-9-12-29-7-2)21(26)18-10-8-13-30-18/h8,10,13H,6-7,9,11-12,14H2,1-5H3. The van der Waals surface area contributed by atoms with E-state index in [-0.39, 0.29) is 24.0 Å². The molecule has 0 spiro atoms. The predicted molar refractivity (Wildman–Crippen MR) is 111 cm³/mol. The van der Waals surface area contributed by atoms with E-state index >= 15 is 0 Å². The van der Waals surface area contributed by atoms with Crippen molar-refractivity contribution in [3.05, 3.63) is 46.7 Å². The lowest BCUT2D eigenvalue weighted by Crippen LogP contribution is -2.37. The highest BCUT2D eigenvalue weighted by atomic mass is 16.5. The first kappa shape index (κ1) is 23.4. The molecule has 0 aliphatic rings. The smallest absolute Gasteiger partial charge is 0.354 e. The lowest BCUT2D eigenvalue weighted by Gasteiger charge is -2.21. The molecule has 0 aromatic carbocycles. The van der Waals surface area contributed by atoms with E-state index in [4.69, 9.17) is 13.9 Å². The summed E-state index contributed by atoms with van der Waals surface area (Å²) in [6, 6.07) is 3.20. The highest BCUT2D eigenvalue weighted by molar-refractivity contribution is 6.05. The van der Waals surface area contributed by atoms with Crippen LogP contribution in [0.1, 0.15) is 62.9 Å². The van der Waals surface area contributed by atoms with Gasteiger partial charge in [-0.1, -0.05) is 0 Å². The van der Waals surface area contributed by atoms with Crippen molar-refractivity contribution in [1.29, 1.82) is 0 Å². The molecule has 0 radical (unpaired) electrons. The molecule has 2 heterocycles. The molecule has 30 heavy (non-hydrogen) atoms. The SMILES string of the molecule is CCOCCCN(CC(=O)c1c(C)c(C(=O)OC)n(CC)c1C)C(=O)c1ccco1. The Morgan fingerprint density at radius 3 is 2.50 bits per heavy atom. The van der Waals surface area contributed by atoms with Crippen molar-refractivity contribution < 1.29 is 28.3 Å². The first-order chi connectivity index (χ1) is 14.4. The van der Waals surface area contributed by atoms with E-state index in [1.54, 1.807) is 30.5 Å². The normalized spacial score (nSPS) is 10.8. The number of rotatable bonds is 11. The highest BCUT2D eigenvalue weighted by Gasteiger charge is 2.28. The number of aromatic nitrogens is 1. The summed E-state index contributed by atoms with van der Waals surface area (Å²) in [4.78, 5) is 39.8. The van der Waals surface area contributed by atoms with Crippen LogP contribution in [0.2, 0.25) is 0 Å². The van der Waals surface area contributed by atoms with Crippen molar-refractivity contribution in [2.75, 3.05) is 33.4 Å². The van der Waals surface area contributed by atoms with Crippen LogP contribution in [0.5, 0.6) is 0 Å². The number of furan rings is 1. The van der Waals surface area contributed by atoms with Crippen LogP contribution in [0.4, 0.5) is 0 Å². The van der Waals surface area contributed by atoms with E-state index < -0.39 is 5.97 Å². The monoisotopic (exact) mass is 418 g/mol. The Hall–Kier alpha value is -2.87. The Balaban J connectivity index is 2.31. The molecule has 164 valence electrons. The van der Waals surface area contributed by atoms with Crippen LogP contribution in [0.15, 0.2) is 22.8 Å². The summed E-state index contributed by atoms with van der Waals surface area (Å²) in [5.74, 6) is -0.910. The topological polar surface area (TPSA) is 91.0 Å². The molecule has 0 aliphatic heterocycles. The Bertz CT molecular complexity index is 882. The predicted octanol–water partition coefficient (Wildman–Crippen LogP) is 3.26. The van der Waals surface area contributed by atoms with Gasteiger partial charge in [-0.25, -0.2) is 4.79 Å². The maximum Gasteiger partial charge on any atom is 0.354 e. The number of ether oxygens (including phenoxy) is 2. The maximum absolute atomic E-state index is 13.2. The fourth-order valence-electron chi connectivity index (χ4n) is 3.62. The minimum absolute atomic E-state index is 0.123. The van der Waals surface area contributed by atoms with Crippen molar-refractivity contribution in [2.24, 2.45) is 0 Å². The van der Waals surface area contributed by atoms with Crippen LogP contribution < -0.4 is 0 Å². The van der Waals surface area contributed by atoms with Crippen molar-refractivity contribution in [3.8, 4) is 0 Å². The minimum Gasteiger partial charge on any atom is -0.464 e. The molecule has 2 aromatic rings. The molecular formula is C22H30N2O6. The van der Waals surface area contributed by atoms with Crippen LogP contribution >= 0.6 is 0 Å². The summed E-state index contributed by atoms with van der Waals surface area (Å²) < 4.78 is 17.2. The fraction of sp³-hybridized carbons (Fsp3) is 0.500. The number of Topliss-reactive ketones (excluding diaryl/α,β-unsaturated/α-hetero) is 1. The molecule has 0 saturated heterocycles. The van der Waals surface area contributed by atoms with E-state index in [1.165, 1.54) is 18.3 Å². The van der Waals surface area contributed by atoms with Gasteiger partial charge in [-0.05, 0) is 51.8 Å². The minimum atomic E-state index is -0.489. The third-order valence-corrected chi connectivity index (χ3v) is 5.02. The molecule has 1 amide bonds. The number of nitrogens with zero attached hydrogens (tertiary/aromatic N) is 2.